The monoisotopic (exact) mass is 346 g/mol. The zero-order valence-corrected chi connectivity index (χ0v) is 17.3. The average molecular weight is 347 g/mol. The number of hydrogen-bond donors (Lipinski definition) is 0. The Morgan fingerprint density at radius 3 is 2.20 bits per heavy atom. The Labute approximate surface area is 157 Å². The summed E-state index contributed by atoms with van der Waals surface area (Å²) in [5.74, 6) is 7.75. The van der Waals surface area contributed by atoms with Crippen LogP contribution in [0, 0.1) is 23.2 Å². The van der Waals surface area contributed by atoms with Crippen molar-refractivity contribution in [2.24, 2.45) is 11.3 Å². The Hall–Kier alpha value is -0.520. The number of hydrogen-bond acceptors (Lipinski definition) is 2. The van der Waals surface area contributed by atoms with Gasteiger partial charge < -0.3 is 4.90 Å². The van der Waals surface area contributed by atoms with E-state index in [1.165, 1.54) is 96.9 Å². The lowest BCUT2D eigenvalue weighted by molar-refractivity contribution is -0.0446. The maximum atomic E-state index is 3.59. The zero-order chi connectivity index (χ0) is 18.0. The fourth-order valence-electron chi connectivity index (χ4n) is 4.54. The van der Waals surface area contributed by atoms with Crippen molar-refractivity contribution in [2.75, 3.05) is 39.3 Å². The number of unbranched alkanes of at least 4 members (excludes halogenated alkanes) is 3. The Balaban J connectivity index is 1.63. The molecule has 25 heavy (non-hydrogen) atoms. The Morgan fingerprint density at radius 1 is 0.840 bits per heavy atom. The zero-order valence-electron chi connectivity index (χ0n) is 17.3. The lowest BCUT2D eigenvalue weighted by atomic mass is 9.72. The number of nitrogens with zero attached hydrogens (tertiary/aromatic N) is 2. The Kier molecular flexibility index (Phi) is 9.35. The van der Waals surface area contributed by atoms with Crippen molar-refractivity contribution in [3.63, 3.8) is 0 Å². The van der Waals surface area contributed by atoms with Crippen LogP contribution in [0.2, 0.25) is 0 Å². The third kappa shape index (κ3) is 6.95. The molecule has 0 radical (unpaired) electrons. The Bertz CT molecular complexity index is 404. The molecule has 0 bridgehead atoms. The summed E-state index contributed by atoms with van der Waals surface area (Å²) in [6.45, 7) is 14.5. The standard InChI is InChI=1S/C23H42N2/c1-4-7-9-16-25-20-23(21-25)14-18-24(19-15-23)17-10-13-22(11-6-3)12-8-5-2/h22H,4-9,11-12,14-21H2,1-3H3. The molecule has 2 saturated heterocycles. The number of rotatable bonds is 10. The van der Waals surface area contributed by atoms with Crippen LogP contribution in [0.25, 0.3) is 0 Å². The third-order valence-electron chi connectivity index (χ3n) is 6.26. The van der Waals surface area contributed by atoms with E-state index in [0.717, 1.165) is 6.54 Å². The van der Waals surface area contributed by atoms with Crippen LogP contribution < -0.4 is 0 Å². The van der Waals surface area contributed by atoms with Crippen LogP contribution in [0.1, 0.15) is 85.0 Å². The van der Waals surface area contributed by atoms with Crippen molar-refractivity contribution in [2.45, 2.75) is 85.0 Å². The van der Waals surface area contributed by atoms with Crippen molar-refractivity contribution < 1.29 is 0 Å². The van der Waals surface area contributed by atoms with E-state index in [1.54, 1.807) is 0 Å². The average Bonchev–Trinajstić information content (AvgIpc) is 2.59. The number of likely N-dealkylation sites (tertiary alicyclic amines) is 2. The molecular weight excluding hydrogens is 304 g/mol. The van der Waals surface area contributed by atoms with Gasteiger partial charge in [0.1, 0.15) is 0 Å². The van der Waals surface area contributed by atoms with E-state index >= 15 is 0 Å². The summed E-state index contributed by atoms with van der Waals surface area (Å²) in [6.07, 6.45) is 13.4. The quantitative estimate of drug-likeness (QED) is 0.397. The third-order valence-corrected chi connectivity index (χ3v) is 6.26. The summed E-state index contributed by atoms with van der Waals surface area (Å²) in [5.41, 5.74) is 0.669. The van der Waals surface area contributed by atoms with E-state index in [-0.39, 0.29) is 0 Å². The van der Waals surface area contributed by atoms with Gasteiger partial charge in [0.25, 0.3) is 0 Å². The van der Waals surface area contributed by atoms with E-state index in [4.69, 9.17) is 0 Å². The van der Waals surface area contributed by atoms with E-state index < -0.39 is 0 Å². The smallest absolute Gasteiger partial charge is 0.0601 e. The van der Waals surface area contributed by atoms with Gasteiger partial charge in [-0.2, -0.15) is 0 Å². The van der Waals surface area contributed by atoms with Crippen molar-refractivity contribution in [3.8, 4) is 11.8 Å². The molecule has 0 aromatic rings. The van der Waals surface area contributed by atoms with Crippen molar-refractivity contribution in [1.29, 1.82) is 0 Å². The summed E-state index contributed by atoms with van der Waals surface area (Å²) in [7, 11) is 0. The molecular formula is C23H42N2. The van der Waals surface area contributed by atoms with Gasteiger partial charge in [0.05, 0.1) is 6.54 Å². The Morgan fingerprint density at radius 2 is 1.56 bits per heavy atom. The van der Waals surface area contributed by atoms with Gasteiger partial charge in [0.15, 0.2) is 0 Å². The van der Waals surface area contributed by atoms with E-state index in [1.807, 2.05) is 0 Å². The normalized spacial score (nSPS) is 21.6. The summed E-state index contributed by atoms with van der Waals surface area (Å²) in [6, 6.07) is 0. The molecule has 2 nitrogen and oxygen atoms in total. The highest BCUT2D eigenvalue weighted by Crippen LogP contribution is 2.40. The van der Waals surface area contributed by atoms with E-state index in [9.17, 15) is 0 Å². The molecule has 2 heteroatoms. The second-order valence-corrected chi connectivity index (χ2v) is 8.64. The van der Waals surface area contributed by atoms with Gasteiger partial charge in [0, 0.05) is 19.0 Å². The summed E-state index contributed by atoms with van der Waals surface area (Å²) >= 11 is 0. The van der Waals surface area contributed by atoms with Crippen LogP contribution in [0.15, 0.2) is 0 Å². The molecule has 2 aliphatic heterocycles. The highest BCUT2D eigenvalue weighted by molar-refractivity contribution is 5.07. The van der Waals surface area contributed by atoms with Crippen LogP contribution in [0.3, 0.4) is 0 Å². The van der Waals surface area contributed by atoms with Crippen LogP contribution in [-0.2, 0) is 0 Å². The van der Waals surface area contributed by atoms with Crippen LogP contribution in [0.4, 0.5) is 0 Å². The van der Waals surface area contributed by atoms with Gasteiger partial charge in [-0.3, -0.25) is 4.90 Å². The van der Waals surface area contributed by atoms with Gasteiger partial charge in [-0.15, -0.1) is 0 Å². The largest absolute Gasteiger partial charge is 0.302 e. The molecule has 0 amide bonds. The van der Waals surface area contributed by atoms with Crippen LogP contribution in [0.5, 0.6) is 0 Å². The second-order valence-electron chi connectivity index (χ2n) is 8.64. The lowest BCUT2D eigenvalue weighted by Crippen LogP contribution is -2.60. The molecule has 0 aliphatic carbocycles. The maximum absolute atomic E-state index is 3.59. The molecule has 0 aromatic heterocycles. The van der Waals surface area contributed by atoms with Crippen molar-refractivity contribution in [3.05, 3.63) is 0 Å². The molecule has 1 spiro atoms. The van der Waals surface area contributed by atoms with Gasteiger partial charge >= 0.3 is 0 Å². The molecule has 144 valence electrons. The number of piperidine rings is 1. The van der Waals surface area contributed by atoms with E-state index in [2.05, 4.69) is 42.4 Å². The lowest BCUT2D eigenvalue weighted by Gasteiger charge is -2.54. The molecule has 0 N–H and O–H groups in total. The predicted molar refractivity (Wildman–Crippen MR) is 110 cm³/mol. The summed E-state index contributed by atoms with van der Waals surface area (Å²) in [4.78, 5) is 5.29. The molecule has 2 aliphatic rings. The molecule has 2 fully saturated rings. The SMILES string of the molecule is CCCCCN1CC2(CCN(CC#CC(CCC)CCCC)CC2)C1. The highest BCUT2D eigenvalue weighted by Gasteiger charge is 2.43. The molecule has 0 saturated carbocycles. The first kappa shape index (κ1) is 20.8. The second kappa shape index (κ2) is 11.2. The molecule has 0 aromatic carbocycles. The van der Waals surface area contributed by atoms with Crippen LogP contribution >= 0.6 is 0 Å². The molecule has 2 heterocycles. The van der Waals surface area contributed by atoms with Crippen molar-refractivity contribution >= 4 is 0 Å². The molecule has 1 atom stereocenters. The molecule has 2 rings (SSSR count). The van der Waals surface area contributed by atoms with E-state index in [0.29, 0.717) is 11.3 Å². The molecule has 1 unspecified atom stereocenters. The van der Waals surface area contributed by atoms with Crippen LogP contribution in [-0.4, -0.2) is 49.1 Å². The summed E-state index contributed by atoms with van der Waals surface area (Å²) in [5, 5.41) is 0. The minimum atomic E-state index is 0.643. The first-order valence-corrected chi connectivity index (χ1v) is 11.1. The maximum Gasteiger partial charge on any atom is 0.0601 e. The summed E-state index contributed by atoms with van der Waals surface area (Å²) < 4.78 is 0. The fourth-order valence-corrected chi connectivity index (χ4v) is 4.54. The van der Waals surface area contributed by atoms with Gasteiger partial charge in [-0.05, 0) is 57.2 Å². The van der Waals surface area contributed by atoms with Crippen molar-refractivity contribution in [1.82, 2.24) is 9.80 Å². The minimum absolute atomic E-state index is 0.643. The predicted octanol–water partition coefficient (Wildman–Crippen LogP) is 5.18. The van der Waals surface area contributed by atoms with Gasteiger partial charge in [-0.25, -0.2) is 0 Å². The fraction of sp³-hybridized carbons (Fsp3) is 0.913. The van der Waals surface area contributed by atoms with Gasteiger partial charge in [0.2, 0.25) is 0 Å². The highest BCUT2D eigenvalue weighted by atomic mass is 15.2. The minimum Gasteiger partial charge on any atom is -0.302 e. The topological polar surface area (TPSA) is 6.48 Å². The first-order valence-electron chi connectivity index (χ1n) is 11.1. The first-order chi connectivity index (χ1) is 12.2. The van der Waals surface area contributed by atoms with Gasteiger partial charge in [-0.1, -0.05) is 64.7 Å².